The number of hydrogen-bond acceptors (Lipinski definition) is 6. The largest absolute Gasteiger partial charge is 0.490 e. The minimum Gasteiger partial charge on any atom is -0.490 e. The van der Waals surface area contributed by atoms with Gasteiger partial charge in [0.05, 0.1) is 18.6 Å². The van der Waals surface area contributed by atoms with E-state index in [1.165, 1.54) is 10.4 Å². The van der Waals surface area contributed by atoms with Gasteiger partial charge in [0.2, 0.25) is 0 Å². The van der Waals surface area contributed by atoms with Crippen molar-refractivity contribution in [2.75, 3.05) is 13.2 Å². The second-order valence-electron chi connectivity index (χ2n) is 6.33. The minimum absolute atomic E-state index is 0.594. The smallest absolute Gasteiger partial charge is 0.167 e. The maximum absolute atomic E-state index is 5.72. The normalized spacial score (nSPS) is 11.4. The van der Waals surface area contributed by atoms with Gasteiger partial charge in [-0.3, -0.25) is 0 Å². The van der Waals surface area contributed by atoms with Gasteiger partial charge < -0.3 is 9.47 Å². The number of thiophene rings is 1. The molecule has 0 unspecified atom stereocenters. The molecule has 4 rings (SSSR count). The fourth-order valence-electron chi connectivity index (χ4n) is 3.15. The molecule has 1 aromatic carbocycles. The van der Waals surface area contributed by atoms with Crippen molar-refractivity contribution in [3.05, 3.63) is 46.4 Å². The summed E-state index contributed by atoms with van der Waals surface area (Å²) in [5.74, 6) is 2.29. The molecule has 0 fully saturated rings. The molecule has 0 saturated heterocycles. The highest BCUT2D eigenvalue weighted by molar-refractivity contribution is 7.18. The standard InChI is InChI=1S/C20H22N4O2S/c1-5-25-15-8-7-14(9-16(15)26-6-2)10-17-22-19-18-12(3)13(4)27-20(18)21-11-24(19)23-17/h7-9,11H,5-6,10H2,1-4H3. The van der Waals surface area contributed by atoms with Gasteiger partial charge in [-0.05, 0) is 51.0 Å². The number of benzene rings is 1. The molecule has 0 aliphatic rings. The second kappa shape index (κ2) is 7.15. The summed E-state index contributed by atoms with van der Waals surface area (Å²) < 4.78 is 13.1. The van der Waals surface area contributed by atoms with E-state index >= 15 is 0 Å². The van der Waals surface area contributed by atoms with Crippen LogP contribution < -0.4 is 9.47 Å². The van der Waals surface area contributed by atoms with Crippen LogP contribution in [0.15, 0.2) is 24.5 Å². The molecule has 7 heteroatoms. The van der Waals surface area contributed by atoms with Crippen molar-refractivity contribution >= 4 is 27.2 Å². The van der Waals surface area contributed by atoms with Crippen LogP contribution in [0.3, 0.4) is 0 Å². The molecular weight excluding hydrogens is 360 g/mol. The topological polar surface area (TPSA) is 61.5 Å². The third kappa shape index (κ3) is 3.23. The first kappa shape index (κ1) is 17.7. The lowest BCUT2D eigenvalue weighted by atomic mass is 10.1. The van der Waals surface area contributed by atoms with Crippen LogP contribution in [0, 0.1) is 13.8 Å². The van der Waals surface area contributed by atoms with E-state index in [0.717, 1.165) is 38.8 Å². The van der Waals surface area contributed by atoms with Crippen LogP contribution in [0.25, 0.3) is 15.9 Å². The van der Waals surface area contributed by atoms with Gasteiger partial charge in [-0.15, -0.1) is 16.4 Å². The molecule has 0 atom stereocenters. The highest BCUT2D eigenvalue weighted by Gasteiger charge is 2.15. The van der Waals surface area contributed by atoms with Crippen LogP contribution in [0.2, 0.25) is 0 Å². The zero-order valence-corrected chi connectivity index (χ0v) is 16.8. The Hall–Kier alpha value is -2.67. The van der Waals surface area contributed by atoms with Gasteiger partial charge in [0, 0.05) is 11.3 Å². The van der Waals surface area contributed by atoms with E-state index < -0.39 is 0 Å². The fraction of sp³-hybridized carbons (Fsp3) is 0.350. The molecule has 0 aliphatic carbocycles. The summed E-state index contributed by atoms with van der Waals surface area (Å²) in [5.41, 5.74) is 3.18. The zero-order chi connectivity index (χ0) is 19.0. The van der Waals surface area contributed by atoms with Crippen LogP contribution in [0.5, 0.6) is 11.5 Å². The van der Waals surface area contributed by atoms with Gasteiger partial charge >= 0.3 is 0 Å². The van der Waals surface area contributed by atoms with Crippen molar-refractivity contribution in [1.29, 1.82) is 0 Å². The van der Waals surface area contributed by atoms with Crippen LogP contribution in [-0.2, 0) is 6.42 Å². The maximum atomic E-state index is 5.72. The van der Waals surface area contributed by atoms with Crippen molar-refractivity contribution < 1.29 is 9.47 Å². The first-order valence-electron chi connectivity index (χ1n) is 9.09. The van der Waals surface area contributed by atoms with E-state index in [-0.39, 0.29) is 0 Å². The minimum atomic E-state index is 0.594. The molecule has 0 radical (unpaired) electrons. The fourth-order valence-corrected chi connectivity index (χ4v) is 4.14. The van der Waals surface area contributed by atoms with E-state index in [0.29, 0.717) is 19.6 Å². The van der Waals surface area contributed by atoms with Crippen LogP contribution >= 0.6 is 11.3 Å². The van der Waals surface area contributed by atoms with Gasteiger partial charge in [-0.2, -0.15) is 0 Å². The maximum Gasteiger partial charge on any atom is 0.167 e. The van der Waals surface area contributed by atoms with Gasteiger partial charge in [0.25, 0.3) is 0 Å². The highest BCUT2D eigenvalue weighted by atomic mass is 32.1. The Morgan fingerprint density at radius 1 is 1.07 bits per heavy atom. The monoisotopic (exact) mass is 382 g/mol. The average molecular weight is 382 g/mol. The summed E-state index contributed by atoms with van der Waals surface area (Å²) in [6, 6.07) is 5.99. The lowest BCUT2D eigenvalue weighted by Gasteiger charge is -2.11. The van der Waals surface area contributed by atoms with E-state index in [4.69, 9.17) is 14.5 Å². The lowest BCUT2D eigenvalue weighted by Crippen LogP contribution is -2.00. The van der Waals surface area contributed by atoms with Crippen LogP contribution in [0.1, 0.15) is 35.7 Å². The molecule has 140 valence electrons. The molecule has 0 saturated carbocycles. The van der Waals surface area contributed by atoms with Crippen molar-refractivity contribution in [3.8, 4) is 11.5 Å². The molecule has 0 aliphatic heterocycles. The number of rotatable bonds is 6. The molecular formula is C20H22N4O2S. The molecule has 6 nitrogen and oxygen atoms in total. The molecule has 3 aromatic heterocycles. The van der Waals surface area contributed by atoms with Crippen molar-refractivity contribution in [3.63, 3.8) is 0 Å². The number of nitrogens with zero attached hydrogens (tertiary/aromatic N) is 4. The Morgan fingerprint density at radius 3 is 2.63 bits per heavy atom. The van der Waals surface area contributed by atoms with E-state index in [1.807, 2.05) is 32.0 Å². The van der Waals surface area contributed by atoms with Gasteiger partial charge in [0.15, 0.2) is 23.0 Å². The Balaban J connectivity index is 1.71. The summed E-state index contributed by atoms with van der Waals surface area (Å²) >= 11 is 1.70. The summed E-state index contributed by atoms with van der Waals surface area (Å²) in [5, 5.41) is 5.72. The summed E-state index contributed by atoms with van der Waals surface area (Å²) in [6.45, 7) is 9.37. The highest BCUT2D eigenvalue weighted by Crippen LogP contribution is 2.32. The van der Waals surface area contributed by atoms with Gasteiger partial charge in [-0.25, -0.2) is 14.5 Å². The SMILES string of the molecule is CCOc1ccc(Cc2nc3c4c(C)c(C)sc4ncn3n2)cc1OCC. The Kier molecular flexibility index (Phi) is 4.70. The van der Waals surface area contributed by atoms with Crippen molar-refractivity contribution in [2.24, 2.45) is 0 Å². The number of aryl methyl sites for hydroxylation is 2. The van der Waals surface area contributed by atoms with E-state index in [1.54, 1.807) is 22.2 Å². The Labute approximate surface area is 161 Å². The number of ether oxygens (including phenoxy) is 2. The summed E-state index contributed by atoms with van der Waals surface area (Å²) in [4.78, 5) is 11.6. The predicted molar refractivity (Wildman–Crippen MR) is 107 cm³/mol. The number of fused-ring (bicyclic) bond motifs is 3. The molecule has 0 bridgehead atoms. The van der Waals surface area contributed by atoms with Crippen molar-refractivity contribution in [2.45, 2.75) is 34.1 Å². The predicted octanol–water partition coefficient (Wildman–Crippen LogP) is 4.34. The zero-order valence-electron chi connectivity index (χ0n) is 15.9. The molecule has 0 spiro atoms. The summed E-state index contributed by atoms with van der Waals surface area (Å²) in [6.07, 6.45) is 2.37. The first-order valence-corrected chi connectivity index (χ1v) is 9.90. The first-order chi connectivity index (χ1) is 13.1. The quantitative estimate of drug-likeness (QED) is 0.496. The molecule has 27 heavy (non-hydrogen) atoms. The number of aromatic nitrogens is 4. The van der Waals surface area contributed by atoms with Crippen LogP contribution in [0.4, 0.5) is 0 Å². The number of hydrogen-bond donors (Lipinski definition) is 0. The molecule has 0 N–H and O–H groups in total. The second-order valence-corrected chi connectivity index (χ2v) is 7.53. The van der Waals surface area contributed by atoms with Crippen molar-refractivity contribution in [1.82, 2.24) is 19.6 Å². The summed E-state index contributed by atoms with van der Waals surface area (Å²) in [7, 11) is 0. The molecule has 3 heterocycles. The van der Waals surface area contributed by atoms with E-state index in [2.05, 4.69) is 23.9 Å². The molecule has 4 aromatic rings. The van der Waals surface area contributed by atoms with Gasteiger partial charge in [0.1, 0.15) is 11.2 Å². The van der Waals surface area contributed by atoms with Crippen LogP contribution in [-0.4, -0.2) is 32.8 Å². The average Bonchev–Trinajstić information content (AvgIpc) is 3.18. The third-order valence-electron chi connectivity index (χ3n) is 4.52. The Bertz CT molecular complexity index is 1120. The lowest BCUT2D eigenvalue weighted by molar-refractivity contribution is 0.287. The third-order valence-corrected chi connectivity index (χ3v) is 5.64. The Morgan fingerprint density at radius 2 is 1.85 bits per heavy atom. The van der Waals surface area contributed by atoms with E-state index in [9.17, 15) is 0 Å². The molecule has 0 amide bonds. The van der Waals surface area contributed by atoms with Gasteiger partial charge in [-0.1, -0.05) is 6.07 Å².